The van der Waals surface area contributed by atoms with Crippen molar-refractivity contribution in [1.29, 1.82) is 0 Å². The van der Waals surface area contributed by atoms with Gasteiger partial charge in [0.25, 0.3) is 0 Å². The van der Waals surface area contributed by atoms with Crippen molar-refractivity contribution in [2.24, 2.45) is 0 Å². The van der Waals surface area contributed by atoms with E-state index in [-0.39, 0.29) is 5.82 Å². The largest absolute Gasteiger partial charge is 0.396 e. The van der Waals surface area contributed by atoms with Gasteiger partial charge in [-0.3, -0.25) is 0 Å². The van der Waals surface area contributed by atoms with Crippen molar-refractivity contribution < 1.29 is 9.50 Å². The molecule has 0 saturated carbocycles. The van der Waals surface area contributed by atoms with Crippen LogP contribution in [-0.2, 0) is 6.42 Å². The first-order valence-corrected chi connectivity index (χ1v) is 10.4. The summed E-state index contributed by atoms with van der Waals surface area (Å²) in [5, 5.41) is 8.68. The van der Waals surface area contributed by atoms with Gasteiger partial charge in [-0.15, -0.1) is 0 Å². The van der Waals surface area contributed by atoms with E-state index in [1.165, 1.54) is 69.1 Å². The van der Waals surface area contributed by atoms with Crippen LogP contribution in [0.1, 0.15) is 69.8 Å². The number of unbranched alkanes of at least 4 members (excludes halogenated alkanes) is 8. The van der Waals surface area contributed by atoms with Gasteiger partial charge in [0.05, 0.1) is 0 Å². The smallest absolute Gasteiger partial charge is 0.123 e. The molecule has 0 amide bonds. The zero-order valence-electron chi connectivity index (χ0n) is 14.4. The van der Waals surface area contributed by atoms with Gasteiger partial charge < -0.3 is 5.11 Å². The molecule has 0 unspecified atom stereocenters. The molecule has 132 valence electrons. The Balaban J connectivity index is 1.77. The van der Waals surface area contributed by atoms with Gasteiger partial charge in [-0.2, -0.15) is 11.8 Å². The maximum absolute atomic E-state index is 12.8. The van der Waals surface area contributed by atoms with E-state index in [4.69, 9.17) is 5.11 Å². The fourth-order valence-electron chi connectivity index (χ4n) is 2.69. The Morgan fingerprint density at radius 3 is 1.83 bits per heavy atom. The van der Waals surface area contributed by atoms with Gasteiger partial charge >= 0.3 is 0 Å². The topological polar surface area (TPSA) is 20.2 Å². The summed E-state index contributed by atoms with van der Waals surface area (Å²) in [7, 11) is 0. The van der Waals surface area contributed by atoms with Crippen LogP contribution in [-0.4, -0.2) is 23.2 Å². The van der Waals surface area contributed by atoms with E-state index in [2.05, 4.69) is 0 Å². The van der Waals surface area contributed by atoms with E-state index < -0.39 is 0 Å². The van der Waals surface area contributed by atoms with Crippen molar-refractivity contribution in [2.75, 3.05) is 18.1 Å². The second kappa shape index (κ2) is 15.0. The van der Waals surface area contributed by atoms with Gasteiger partial charge in [0, 0.05) is 6.61 Å². The molecule has 0 aromatic heterocycles. The van der Waals surface area contributed by atoms with Crippen molar-refractivity contribution in [1.82, 2.24) is 0 Å². The molecular formula is C20H33FOS. The first kappa shape index (κ1) is 20.5. The Hall–Kier alpha value is -0.540. The Morgan fingerprint density at radius 2 is 1.22 bits per heavy atom. The molecule has 0 aliphatic heterocycles. The van der Waals surface area contributed by atoms with Crippen LogP contribution in [0.25, 0.3) is 0 Å². The fraction of sp³-hybridized carbons (Fsp3) is 0.700. The normalized spacial score (nSPS) is 11.0. The molecule has 0 heterocycles. The second-order valence-corrected chi connectivity index (χ2v) is 7.47. The van der Waals surface area contributed by atoms with Crippen LogP contribution in [0.15, 0.2) is 24.3 Å². The molecule has 0 aliphatic rings. The van der Waals surface area contributed by atoms with Gasteiger partial charge in [-0.05, 0) is 54.9 Å². The van der Waals surface area contributed by atoms with E-state index in [9.17, 15) is 4.39 Å². The molecule has 0 spiro atoms. The average Bonchev–Trinajstić information content (AvgIpc) is 2.57. The maximum Gasteiger partial charge on any atom is 0.123 e. The minimum absolute atomic E-state index is 0.141. The molecular weight excluding hydrogens is 307 g/mol. The number of aliphatic hydroxyl groups excluding tert-OH is 1. The Labute approximate surface area is 146 Å². The number of hydrogen-bond acceptors (Lipinski definition) is 2. The van der Waals surface area contributed by atoms with Crippen molar-refractivity contribution in [3.05, 3.63) is 35.6 Å². The van der Waals surface area contributed by atoms with Crippen LogP contribution in [0.2, 0.25) is 0 Å². The molecule has 1 nitrogen and oxygen atoms in total. The molecule has 0 bridgehead atoms. The summed E-state index contributed by atoms with van der Waals surface area (Å²) < 4.78 is 12.8. The highest BCUT2D eigenvalue weighted by molar-refractivity contribution is 7.99. The second-order valence-electron chi connectivity index (χ2n) is 6.25. The third-order valence-corrected chi connectivity index (χ3v) is 5.27. The van der Waals surface area contributed by atoms with Crippen molar-refractivity contribution in [3.63, 3.8) is 0 Å². The monoisotopic (exact) mass is 340 g/mol. The zero-order chi connectivity index (χ0) is 16.6. The fourth-order valence-corrected chi connectivity index (χ4v) is 3.64. The zero-order valence-corrected chi connectivity index (χ0v) is 15.3. The van der Waals surface area contributed by atoms with E-state index >= 15 is 0 Å². The van der Waals surface area contributed by atoms with Gasteiger partial charge in [0.15, 0.2) is 0 Å². The molecule has 23 heavy (non-hydrogen) atoms. The van der Waals surface area contributed by atoms with Gasteiger partial charge in [0.2, 0.25) is 0 Å². The minimum Gasteiger partial charge on any atom is -0.396 e. The Morgan fingerprint density at radius 1 is 0.696 bits per heavy atom. The average molecular weight is 341 g/mol. The number of thioether (sulfide) groups is 1. The summed E-state index contributed by atoms with van der Waals surface area (Å²) in [6.07, 6.45) is 14.0. The van der Waals surface area contributed by atoms with E-state index in [0.717, 1.165) is 18.6 Å². The lowest BCUT2D eigenvalue weighted by atomic mass is 10.0. The first-order chi connectivity index (χ1) is 11.3. The van der Waals surface area contributed by atoms with Gasteiger partial charge in [-0.1, -0.05) is 57.1 Å². The number of rotatable bonds is 15. The third-order valence-electron chi connectivity index (χ3n) is 4.11. The van der Waals surface area contributed by atoms with Crippen LogP contribution in [0.5, 0.6) is 0 Å². The van der Waals surface area contributed by atoms with Crippen LogP contribution in [0.4, 0.5) is 4.39 Å². The summed E-state index contributed by atoms with van der Waals surface area (Å²) in [4.78, 5) is 0. The van der Waals surface area contributed by atoms with E-state index in [1.807, 2.05) is 23.9 Å². The lowest BCUT2D eigenvalue weighted by Gasteiger charge is -2.04. The highest BCUT2D eigenvalue weighted by atomic mass is 32.2. The van der Waals surface area contributed by atoms with Crippen molar-refractivity contribution >= 4 is 11.8 Å². The molecule has 1 aromatic carbocycles. The molecule has 3 heteroatoms. The first-order valence-electron chi connectivity index (χ1n) is 9.26. The quantitative estimate of drug-likeness (QED) is 0.395. The maximum atomic E-state index is 12.8. The number of aryl methyl sites for hydroxylation is 1. The summed E-state index contributed by atoms with van der Waals surface area (Å²) in [6, 6.07) is 6.91. The molecule has 0 radical (unpaired) electrons. The molecule has 0 atom stereocenters. The number of halogens is 1. The highest BCUT2D eigenvalue weighted by Gasteiger charge is 1.96. The van der Waals surface area contributed by atoms with E-state index in [1.54, 1.807) is 12.1 Å². The highest BCUT2D eigenvalue weighted by Crippen LogP contribution is 2.13. The number of benzene rings is 1. The lowest BCUT2D eigenvalue weighted by molar-refractivity contribution is 0.296. The third kappa shape index (κ3) is 12.5. The standard InChI is InChI=1S/C20H33FOS/c21-20-14-12-19(13-15-20)11-8-6-4-2-1-3-5-7-9-17-23-18-10-16-22/h12-15,22H,1-11,16-18H2. The predicted molar refractivity (Wildman–Crippen MR) is 101 cm³/mol. The molecule has 1 rings (SSSR count). The Kier molecular flexibility index (Phi) is 13.4. The van der Waals surface area contributed by atoms with Crippen LogP contribution >= 0.6 is 11.8 Å². The minimum atomic E-state index is -0.141. The lowest BCUT2D eigenvalue weighted by Crippen LogP contribution is -1.89. The molecule has 0 aliphatic carbocycles. The summed E-state index contributed by atoms with van der Waals surface area (Å²) in [6.45, 7) is 0.330. The summed E-state index contributed by atoms with van der Waals surface area (Å²) >= 11 is 1.97. The van der Waals surface area contributed by atoms with Crippen LogP contribution < -0.4 is 0 Å². The van der Waals surface area contributed by atoms with Crippen LogP contribution in [0.3, 0.4) is 0 Å². The molecule has 0 saturated heterocycles. The Bertz CT molecular complexity index is 366. The van der Waals surface area contributed by atoms with Gasteiger partial charge in [0.1, 0.15) is 5.82 Å². The predicted octanol–water partition coefficient (Wildman–Crippen LogP) is 5.99. The van der Waals surface area contributed by atoms with Crippen molar-refractivity contribution in [2.45, 2.75) is 70.6 Å². The van der Waals surface area contributed by atoms with Crippen LogP contribution in [0, 0.1) is 5.82 Å². The SMILES string of the molecule is OCCCSCCCCCCCCCCCc1ccc(F)cc1. The van der Waals surface area contributed by atoms with Crippen molar-refractivity contribution in [3.8, 4) is 0 Å². The van der Waals surface area contributed by atoms with Gasteiger partial charge in [-0.25, -0.2) is 4.39 Å². The molecule has 1 N–H and O–H groups in total. The molecule has 1 aromatic rings. The summed E-state index contributed by atoms with van der Waals surface area (Å²) in [5.74, 6) is 2.22. The summed E-state index contributed by atoms with van der Waals surface area (Å²) in [5.41, 5.74) is 1.25. The van der Waals surface area contributed by atoms with E-state index in [0.29, 0.717) is 6.61 Å². The number of aliphatic hydroxyl groups is 1. The number of hydrogen-bond donors (Lipinski definition) is 1. The molecule has 0 fully saturated rings.